The van der Waals surface area contributed by atoms with Crippen LogP contribution in [0.1, 0.15) is 56.2 Å². The lowest BCUT2D eigenvalue weighted by molar-refractivity contribution is -0.128. The highest BCUT2D eigenvalue weighted by molar-refractivity contribution is 5.81. The number of anilines is 1. The van der Waals surface area contributed by atoms with Gasteiger partial charge in [0.15, 0.2) is 6.10 Å². The van der Waals surface area contributed by atoms with Crippen LogP contribution in [0.4, 0.5) is 5.69 Å². The summed E-state index contributed by atoms with van der Waals surface area (Å²) in [7, 11) is 0. The lowest BCUT2D eigenvalue weighted by Crippen LogP contribution is -2.39. The van der Waals surface area contributed by atoms with Crippen LogP contribution in [0.2, 0.25) is 0 Å². The fraction of sp³-hybridized carbons (Fsp3) is 0.500. The first-order valence-electron chi connectivity index (χ1n) is 11.6. The van der Waals surface area contributed by atoms with Crippen LogP contribution in [0.15, 0.2) is 42.5 Å². The minimum atomic E-state index is -0.432. The highest BCUT2D eigenvalue weighted by Crippen LogP contribution is 2.31. The molecule has 1 aliphatic heterocycles. The Labute approximate surface area is 180 Å². The zero-order valence-corrected chi connectivity index (χ0v) is 18.3. The predicted octanol–water partition coefficient (Wildman–Crippen LogP) is 4.68. The standard InChI is InChI=1S/C26H34N2O2/c1-3-25(30-23-14-13-20-9-4-5-10-21(20)18-23)26(29)27-15-8-16-28-19(2)17-22-11-6-7-12-24(22)28/h6-7,11-14,18-19,25H,3-5,8-10,15-17H2,1-2H3,(H,27,29). The maximum Gasteiger partial charge on any atom is 0.261 e. The largest absolute Gasteiger partial charge is 0.481 e. The van der Waals surface area contributed by atoms with Crippen molar-refractivity contribution in [2.75, 3.05) is 18.0 Å². The van der Waals surface area contributed by atoms with Crippen LogP contribution in [-0.4, -0.2) is 31.1 Å². The Morgan fingerprint density at radius 2 is 1.93 bits per heavy atom. The van der Waals surface area contributed by atoms with Crippen LogP contribution >= 0.6 is 0 Å². The molecule has 0 bridgehead atoms. The molecule has 4 rings (SSSR count). The van der Waals surface area contributed by atoms with Gasteiger partial charge in [-0.15, -0.1) is 0 Å². The Hall–Kier alpha value is -2.49. The molecule has 4 heteroatoms. The molecule has 2 atom stereocenters. The van der Waals surface area contributed by atoms with Crippen molar-refractivity contribution >= 4 is 11.6 Å². The Kier molecular flexibility index (Phi) is 6.61. The van der Waals surface area contributed by atoms with Gasteiger partial charge in [0, 0.05) is 24.8 Å². The number of rotatable bonds is 8. The summed E-state index contributed by atoms with van der Waals surface area (Å²) in [6, 6.07) is 15.5. The number of hydrogen-bond donors (Lipinski definition) is 1. The summed E-state index contributed by atoms with van der Waals surface area (Å²) in [6.45, 7) is 5.92. The zero-order valence-electron chi connectivity index (χ0n) is 18.3. The molecular formula is C26H34N2O2. The van der Waals surface area contributed by atoms with Crippen molar-refractivity contribution in [1.82, 2.24) is 5.32 Å². The normalized spacial score (nSPS) is 18.5. The Balaban J connectivity index is 1.26. The minimum Gasteiger partial charge on any atom is -0.481 e. The van der Waals surface area contributed by atoms with Crippen LogP contribution < -0.4 is 15.0 Å². The van der Waals surface area contributed by atoms with Gasteiger partial charge in [-0.3, -0.25) is 4.79 Å². The molecule has 2 aromatic carbocycles. The van der Waals surface area contributed by atoms with Gasteiger partial charge < -0.3 is 15.0 Å². The highest BCUT2D eigenvalue weighted by atomic mass is 16.5. The lowest BCUT2D eigenvalue weighted by atomic mass is 9.92. The third-order valence-corrected chi connectivity index (χ3v) is 6.48. The maximum atomic E-state index is 12.7. The molecule has 4 nitrogen and oxygen atoms in total. The topological polar surface area (TPSA) is 41.6 Å². The molecule has 0 spiro atoms. The quantitative estimate of drug-likeness (QED) is 0.647. The highest BCUT2D eigenvalue weighted by Gasteiger charge is 2.25. The minimum absolute atomic E-state index is 0.00917. The SMILES string of the molecule is CCC(Oc1ccc2c(c1)CCCC2)C(=O)NCCCN1c2ccccc2CC1C. The molecule has 2 aliphatic rings. The first kappa shape index (κ1) is 20.8. The van der Waals surface area contributed by atoms with Crippen molar-refractivity contribution in [2.24, 2.45) is 0 Å². The van der Waals surface area contributed by atoms with E-state index >= 15 is 0 Å². The van der Waals surface area contributed by atoms with E-state index < -0.39 is 6.10 Å². The van der Waals surface area contributed by atoms with Crippen LogP contribution in [0.25, 0.3) is 0 Å². The molecule has 1 amide bonds. The van der Waals surface area contributed by atoms with Gasteiger partial charge in [0.2, 0.25) is 0 Å². The summed E-state index contributed by atoms with van der Waals surface area (Å²) >= 11 is 0. The Morgan fingerprint density at radius 1 is 1.13 bits per heavy atom. The molecule has 0 fully saturated rings. The second-order valence-corrected chi connectivity index (χ2v) is 8.67. The van der Waals surface area contributed by atoms with E-state index in [0.717, 1.165) is 38.0 Å². The molecule has 0 radical (unpaired) electrons. The van der Waals surface area contributed by atoms with Crippen molar-refractivity contribution in [1.29, 1.82) is 0 Å². The lowest BCUT2D eigenvalue weighted by Gasteiger charge is -2.25. The van der Waals surface area contributed by atoms with Gasteiger partial charge in [-0.05, 0) is 86.8 Å². The van der Waals surface area contributed by atoms with Gasteiger partial charge in [0.05, 0.1) is 0 Å². The zero-order chi connectivity index (χ0) is 20.9. The average molecular weight is 407 g/mol. The summed E-state index contributed by atoms with van der Waals surface area (Å²) in [5, 5.41) is 3.09. The Morgan fingerprint density at radius 3 is 2.77 bits per heavy atom. The van der Waals surface area contributed by atoms with E-state index in [1.54, 1.807) is 0 Å². The monoisotopic (exact) mass is 406 g/mol. The molecule has 1 N–H and O–H groups in total. The molecule has 0 saturated carbocycles. The van der Waals surface area contributed by atoms with E-state index in [2.05, 4.69) is 53.5 Å². The van der Waals surface area contributed by atoms with Gasteiger partial charge in [0.1, 0.15) is 5.75 Å². The summed E-state index contributed by atoms with van der Waals surface area (Å²) in [5.74, 6) is 0.810. The van der Waals surface area contributed by atoms with E-state index in [4.69, 9.17) is 4.74 Å². The fourth-order valence-corrected chi connectivity index (χ4v) is 4.81. The number of carbonyl (C=O) groups excluding carboxylic acids is 1. The Bertz CT molecular complexity index is 879. The fourth-order valence-electron chi connectivity index (χ4n) is 4.81. The van der Waals surface area contributed by atoms with Crippen LogP contribution in [0.3, 0.4) is 0 Å². The summed E-state index contributed by atoms with van der Waals surface area (Å²) < 4.78 is 6.06. The van der Waals surface area contributed by atoms with E-state index in [1.807, 2.05) is 13.0 Å². The van der Waals surface area contributed by atoms with Crippen LogP contribution in [-0.2, 0) is 24.1 Å². The van der Waals surface area contributed by atoms with Gasteiger partial charge in [-0.1, -0.05) is 31.2 Å². The second kappa shape index (κ2) is 9.55. The first-order chi connectivity index (χ1) is 14.7. The first-order valence-corrected chi connectivity index (χ1v) is 11.6. The maximum absolute atomic E-state index is 12.7. The summed E-state index contributed by atoms with van der Waals surface area (Å²) in [5.41, 5.74) is 5.59. The van der Waals surface area contributed by atoms with Crippen molar-refractivity contribution in [3.63, 3.8) is 0 Å². The van der Waals surface area contributed by atoms with Crippen molar-refractivity contribution < 1.29 is 9.53 Å². The van der Waals surface area contributed by atoms with Gasteiger partial charge in [0.25, 0.3) is 5.91 Å². The molecular weight excluding hydrogens is 372 g/mol. The molecule has 1 heterocycles. The molecule has 160 valence electrons. The van der Waals surface area contributed by atoms with E-state index in [-0.39, 0.29) is 5.91 Å². The molecule has 0 aromatic heterocycles. The van der Waals surface area contributed by atoms with Gasteiger partial charge in [-0.2, -0.15) is 0 Å². The number of amides is 1. The van der Waals surface area contributed by atoms with Crippen molar-refractivity contribution in [2.45, 2.75) is 70.9 Å². The molecule has 30 heavy (non-hydrogen) atoms. The number of ether oxygens (including phenoxy) is 1. The van der Waals surface area contributed by atoms with Crippen molar-refractivity contribution in [3.05, 3.63) is 59.2 Å². The van der Waals surface area contributed by atoms with Crippen LogP contribution in [0.5, 0.6) is 5.75 Å². The predicted molar refractivity (Wildman–Crippen MR) is 122 cm³/mol. The van der Waals surface area contributed by atoms with Gasteiger partial charge in [-0.25, -0.2) is 0 Å². The number of nitrogens with one attached hydrogen (secondary N) is 1. The van der Waals surface area contributed by atoms with Crippen LogP contribution in [0, 0.1) is 0 Å². The number of benzene rings is 2. The van der Waals surface area contributed by atoms with Crippen molar-refractivity contribution in [3.8, 4) is 5.75 Å². The average Bonchev–Trinajstić information content (AvgIpc) is 3.09. The number of aryl methyl sites for hydroxylation is 2. The number of carbonyl (C=O) groups is 1. The van der Waals surface area contributed by atoms with E-state index in [9.17, 15) is 4.79 Å². The third-order valence-electron chi connectivity index (χ3n) is 6.48. The summed E-state index contributed by atoms with van der Waals surface area (Å²) in [6.07, 6.45) is 7.07. The molecule has 2 aromatic rings. The molecule has 1 aliphatic carbocycles. The molecule has 0 saturated heterocycles. The third kappa shape index (κ3) is 4.63. The smallest absolute Gasteiger partial charge is 0.261 e. The number of fused-ring (bicyclic) bond motifs is 2. The number of para-hydroxylation sites is 1. The summed E-state index contributed by atoms with van der Waals surface area (Å²) in [4.78, 5) is 15.1. The van der Waals surface area contributed by atoms with E-state index in [1.165, 1.54) is 35.2 Å². The van der Waals surface area contributed by atoms with E-state index in [0.29, 0.717) is 19.0 Å². The van der Waals surface area contributed by atoms with Gasteiger partial charge >= 0.3 is 0 Å². The number of nitrogens with zero attached hydrogens (tertiary/aromatic N) is 1. The molecule has 2 unspecified atom stereocenters. The second-order valence-electron chi connectivity index (χ2n) is 8.67. The number of hydrogen-bond acceptors (Lipinski definition) is 3.